The van der Waals surface area contributed by atoms with E-state index in [-0.39, 0.29) is 16.2 Å². The van der Waals surface area contributed by atoms with Crippen LogP contribution >= 0.6 is 11.6 Å². The Kier molecular flexibility index (Phi) is 2.65. The van der Waals surface area contributed by atoms with Crippen LogP contribution in [0, 0.1) is 0 Å². The number of aromatic carboxylic acids is 1. The van der Waals surface area contributed by atoms with Crippen LogP contribution in [0.2, 0.25) is 5.02 Å². The van der Waals surface area contributed by atoms with E-state index in [4.69, 9.17) is 16.3 Å². The number of pyridine rings is 1. The number of ether oxygens (including phenoxy) is 1. The summed E-state index contributed by atoms with van der Waals surface area (Å²) in [4.78, 5) is 23.1. The summed E-state index contributed by atoms with van der Waals surface area (Å²) >= 11 is 6.04. The fraction of sp³-hybridized carbons (Fsp3) is 0.0833. The van der Waals surface area contributed by atoms with Gasteiger partial charge in [0.2, 0.25) is 0 Å². The van der Waals surface area contributed by atoms with E-state index in [2.05, 4.69) is 10.2 Å². The van der Waals surface area contributed by atoms with Crippen LogP contribution in [-0.2, 0) is 0 Å². The molecule has 0 saturated carbocycles. The van der Waals surface area contributed by atoms with Gasteiger partial charge in [0.15, 0.2) is 5.65 Å². The van der Waals surface area contributed by atoms with Gasteiger partial charge >= 0.3 is 11.7 Å². The molecule has 2 aromatic heterocycles. The van der Waals surface area contributed by atoms with Gasteiger partial charge in [-0.05, 0) is 18.2 Å². The van der Waals surface area contributed by atoms with Crippen LogP contribution in [0.3, 0.4) is 0 Å². The standard InChI is InChI=1S/C12H8ClN3O4/c1-20-9-2-5-6(11(17)18)3-10-14-15-12(19)16(10)8(5)4-7(9)13/h2-4H,1H3,(H,15,19)(H,17,18). The summed E-state index contributed by atoms with van der Waals surface area (Å²) in [5.74, 6) is -0.796. The zero-order chi connectivity index (χ0) is 14.4. The Bertz CT molecular complexity index is 912. The Balaban J connectivity index is 2.61. The highest BCUT2D eigenvalue weighted by atomic mass is 35.5. The number of carbonyl (C=O) groups is 1. The molecule has 0 unspecified atom stereocenters. The number of hydrogen-bond donors (Lipinski definition) is 2. The number of fused-ring (bicyclic) bond motifs is 3. The Morgan fingerprint density at radius 1 is 1.45 bits per heavy atom. The average molecular weight is 294 g/mol. The van der Waals surface area contributed by atoms with Crippen molar-refractivity contribution in [1.82, 2.24) is 14.6 Å². The molecule has 0 aliphatic carbocycles. The first-order chi connectivity index (χ1) is 9.52. The highest BCUT2D eigenvalue weighted by Gasteiger charge is 2.17. The number of nitrogens with one attached hydrogen (secondary N) is 1. The van der Waals surface area contributed by atoms with Crippen LogP contribution in [0.5, 0.6) is 5.75 Å². The normalized spacial score (nSPS) is 11.1. The number of aromatic amines is 1. The van der Waals surface area contributed by atoms with E-state index >= 15 is 0 Å². The Labute approximate surface area is 116 Å². The number of benzene rings is 1. The number of rotatable bonds is 2. The smallest absolute Gasteiger partial charge is 0.348 e. The quantitative estimate of drug-likeness (QED) is 0.747. The highest BCUT2D eigenvalue weighted by molar-refractivity contribution is 6.33. The minimum Gasteiger partial charge on any atom is -0.495 e. The maximum Gasteiger partial charge on any atom is 0.348 e. The Morgan fingerprint density at radius 2 is 2.20 bits per heavy atom. The number of methoxy groups -OCH3 is 1. The van der Waals surface area contributed by atoms with E-state index in [9.17, 15) is 14.7 Å². The second kappa shape index (κ2) is 4.24. The number of carboxylic acids is 1. The summed E-state index contributed by atoms with van der Waals surface area (Å²) in [6.45, 7) is 0. The molecule has 20 heavy (non-hydrogen) atoms. The SMILES string of the molecule is COc1cc2c(C(=O)O)cc3n[nH]c(=O)n3c2cc1Cl. The summed E-state index contributed by atoms with van der Waals surface area (Å²) < 4.78 is 6.33. The van der Waals surface area contributed by atoms with Gasteiger partial charge in [-0.15, -0.1) is 0 Å². The molecule has 2 N–H and O–H groups in total. The van der Waals surface area contributed by atoms with Crippen LogP contribution in [0.1, 0.15) is 10.4 Å². The molecule has 0 fully saturated rings. The molecule has 0 saturated heterocycles. The van der Waals surface area contributed by atoms with Crippen molar-refractivity contribution in [2.24, 2.45) is 0 Å². The highest BCUT2D eigenvalue weighted by Crippen LogP contribution is 2.31. The van der Waals surface area contributed by atoms with E-state index in [1.807, 2.05) is 0 Å². The van der Waals surface area contributed by atoms with E-state index in [1.165, 1.54) is 29.7 Å². The molecule has 7 nitrogen and oxygen atoms in total. The first kappa shape index (κ1) is 12.5. The first-order valence-corrected chi connectivity index (χ1v) is 5.91. The van der Waals surface area contributed by atoms with Crippen molar-refractivity contribution in [2.75, 3.05) is 7.11 Å². The zero-order valence-electron chi connectivity index (χ0n) is 10.2. The van der Waals surface area contributed by atoms with Crippen LogP contribution in [0.4, 0.5) is 0 Å². The molecule has 8 heteroatoms. The van der Waals surface area contributed by atoms with Gasteiger partial charge in [-0.3, -0.25) is 0 Å². The summed E-state index contributed by atoms with van der Waals surface area (Å²) in [6.07, 6.45) is 0. The summed E-state index contributed by atoms with van der Waals surface area (Å²) in [7, 11) is 1.43. The predicted molar refractivity (Wildman–Crippen MR) is 71.8 cm³/mol. The topological polar surface area (TPSA) is 96.7 Å². The average Bonchev–Trinajstić information content (AvgIpc) is 2.78. The van der Waals surface area contributed by atoms with Gasteiger partial charge in [-0.25, -0.2) is 19.1 Å². The summed E-state index contributed by atoms with van der Waals surface area (Å²) in [6, 6.07) is 4.28. The Morgan fingerprint density at radius 3 is 2.85 bits per heavy atom. The zero-order valence-corrected chi connectivity index (χ0v) is 10.9. The fourth-order valence-electron chi connectivity index (χ4n) is 2.12. The number of H-pyrrole nitrogens is 1. The van der Waals surface area contributed by atoms with E-state index in [1.54, 1.807) is 0 Å². The monoisotopic (exact) mass is 293 g/mol. The number of aromatic nitrogens is 3. The number of hydrogen-bond acceptors (Lipinski definition) is 4. The van der Waals surface area contributed by atoms with Crippen molar-refractivity contribution >= 4 is 34.1 Å². The molecule has 2 heterocycles. The van der Waals surface area contributed by atoms with Crippen molar-refractivity contribution in [3.8, 4) is 5.75 Å². The minimum atomic E-state index is -1.13. The first-order valence-electron chi connectivity index (χ1n) is 5.53. The molecule has 0 aliphatic heterocycles. The van der Waals surface area contributed by atoms with Gasteiger partial charge in [0.1, 0.15) is 5.75 Å². The molecule has 1 aromatic carbocycles. The van der Waals surface area contributed by atoms with Gasteiger partial charge in [0.05, 0.1) is 23.2 Å². The molecular formula is C12H8ClN3O4. The van der Waals surface area contributed by atoms with Gasteiger partial charge in [0, 0.05) is 5.39 Å². The second-order valence-electron chi connectivity index (χ2n) is 4.09. The molecule has 0 aliphatic rings. The minimum absolute atomic E-state index is 0.0152. The molecule has 0 bridgehead atoms. The lowest BCUT2D eigenvalue weighted by Gasteiger charge is -2.09. The third kappa shape index (κ3) is 1.64. The third-order valence-electron chi connectivity index (χ3n) is 3.00. The molecule has 0 amide bonds. The number of carboxylic acid groups (broad SMARTS) is 1. The molecule has 0 radical (unpaired) electrons. The van der Waals surface area contributed by atoms with Gasteiger partial charge < -0.3 is 9.84 Å². The predicted octanol–water partition coefficient (Wildman–Crippen LogP) is 1.54. The molecule has 0 spiro atoms. The fourth-order valence-corrected chi connectivity index (χ4v) is 2.36. The Hall–Kier alpha value is -2.54. The van der Waals surface area contributed by atoms with Crippen molar-refractivity contribution in [3.05, 3.63) is 39.3 Å². The van der Waals surface area contributed by atoms with E-state index < -0.39 is 11.7 Å². The lowest BCUT2D eigenvalue weighted by Crippen LogP contribution is -2.11. The largest absolute Gasteiger partial charge is 0.495 e. The summed E-state index contributed by atoms with van der Waals surface area (Å²) in [5.41, 5.74) is 0.107. The second-order valence-corrected chi connectivity index (χ2v) is 4.50. The summed E-state index contributed by atoms with van der Waals surface area (Å²) in [5, 5.41) is 15.9. The van der Waals surface area contributed by atoms with Crippen LogP contribution in [0.25, 0.3) is 16.6 Å². The molecule has 0 atom stereocenters. The van der Waals surface area contributed by atoms with Gasteiger partial charge in [-0.2, -0.15) is 5.10 Å². The van der Waals surface area contributed by atoms with Crippen molar-refractivity contribution in [1.29, 1.82) is 0 Å². The van der Waals surface area contributed by atoms with E-state index in [0.29, 0.717) is 16.7 Å². The van der Waals surface area contributed by atoms with Crippen LogP contribution < -0.4 is 10.4 Å². The maximum absolute atomic E-state index is 11.8. The van der Waals surface area contributed by atoms with Crippen LogP contribution in [-0.4, -0.2) is 32.8 Å². The lowest BCUT2D eigenvalue weighted by molar-refractivity contribution is 0.0699. The molecule has 3 aromatic rings. The number of nitrogens with zero attached hydrogens (tertiary/aromatic N) is 2. The number of halogens is 1. The third-order valence-corrected chi connectivity index (χ3v) is 3.30. The van der Waals surface area contributed by atoms with E-state index in [0.717, 1.165) is 0 Å². The van der Waals surface area contributed by atoms with Crippen molar-refractivity contribution < 1.29 is 14.6 Å². The lowest BCUT2D eigenvalue weighted by atomic mass is 10.1. The molecule has 102 valence electrons. The van der Waals surface area contributed by atoms with Gasteiger partial charge in [-0.1, -0.05) is 11.6 Å². The molecular weight excluding hydrogens is 286 g/mol. The van der Waals surface area contributed by atoms with Crippen LogP contribution in [0.15, 0.2) is 23.0 Å². The van der Waals surface area contributed by atoms with Crippen molar-refractivity contribution in [2.45, 2.75) is 0 Å². The molecule has 3 rings (SSSR count). The maximum atomic E-state index is 11.8. The van der Waals surface area contributed by atoms with Gasteiger partial charge in [0.25, 0.3) is 0 Å². The van der Waals surface area contributed by atoms with Crippen molar-refractivity contribution in [3.63, 3.8) is 0 Å².